The highest BCUT2D eigenvalue weighted by atomic mass is 14.9. The van der Waals surface area contributed by atoms with Crippen molar-refractivity contribution in [3.05, 3.63) is 35.9 Å². The van der Waals surface area contributed by atoms with E-state index in [0.29, 0.717) is 5.41 Å². The summed E-state index contributed by atoms with van der Waals surface area (Å²) in [5.74, 6) is 2.89. The van der Waals surface area contributed by atoms with E-state index >= 15 is 0 Å². The maximum absolute atomic E-state index is 9.71. The van der Waals surface area contributed by atoms with Crippen molar-refractivity contribution < 1.29 is 0 Å². The second-order valence-corrected chi connectivity index (χ2v) is 8.60. The van der Waals surface area contributed by atoms with Gasteiger partial charge in [0.25, 0.3) is 0 Å². The first-order chi connectivity index (χ1) is 11.2. The standard InChI is InChI=1S/C21H28N2/c1-15(19-5-3-2-4-6-19)23-20(14-22)13-21-10-16-7-17(11-21)9-18(8-16)12-21/h2-6,15-18,20,23H,7-13H2,1H3/t15-,16?,17?,18?,20-,21?/m1/s1. The largest absolute Gasteiger partial charge is 0.295 e. The lowest BCUT2D eigenvalue weighted by Crippen LogP contribution is -2.48. The summed E-state index contributed by atoms with van der Waals surface area (Å²) in [6.45, 7) is 2.18. The molecular weight excluding hydrogens is 280 g/mol. The zero-order chi connectivity index (χ0) is 15.9. The van der Waals surface area contributed by atoms with Crippen molar-refractivity contribution >= 4 is 0 Å². The van der Waals surface area contributed by atoms with Crippen molar-refractivity contribution in [3.63, 3.8) is 0 Å². The highest BCUT2D eigenvalue weighted by molar-refractivity contribution is 5.19. The molecule has 4 bridgehead atoms. The van der Waals surface area contributed by atoms with E-state index in [4.69, 9.17) is 0 Å². The van der Waals surface area contributed by atoms with Crippen LogP contribution in [-0.4, -0.2) is 6.04 Å². The monoisotopic (exact) mass is 308 g/mol. The summed E-state index contributed by atoms with van der Waals surface area (Å²) in [6, 6.07) is 13.3. The molecule has 2 heteroatoms. The fourth-order valence-electron chi connectivity index (χ4n) is 6.25. The molecular formula is C21H28N2. The number of hydrogen-bond acceptors (Lipinski definition) is 2. The summed E-state index contributed by atoms with van der Waals surface area (Å²) in [5, 5.41) is 13.3. The molecule has 2 atom stereocenters. The molecule has 4 saturated carbocycles. The Morgan fingerprint density at radius 3 is 2.17 bits per heavy atom. The minimum Gasteiger partial charge on any atom is -0.295 e. The van der Waals surface area contributed by atoms with Gasteiger partial charge >= 0.3 is 0 Å². The SMILES string of the molecule is C[C@@H](N[C@@H](C#N)CC12CC3CC(CC(C3)C1)C2)c1ccccc1. The number of rotatable bonds is 5. The molecule has 23 heavy (non-hydrogen) atoms. The van der Waals surface area contributed by atoms with Gasteiger partial charge in [-0.2, -0.15) is 5.26 Å². The zero-order valence-corrected chi connectivity index (χ0v) is 14.2. The molecule has 0 radical (unpaired) electrons. The number of benzene rings is 1. The van der Waals surface area contributed by atoms with E-state index < -0.39 is 0 Å². The Balaban J connectivity index is 1.44. The Labute approximate surface area is 140 Å². The van der Waals surface area contributed by atoms with Crippen LogP contribution in [0.15, 0.2) is 30.3 Å². The molecule has 0 spiro atoms. The predicted octanol–water partition coefficient (Wildman–Crippen LogP) is 4.84. The molecule has 0 amide bonds. The number of nitrogens with zero attached hydrogens (tertiary/aromatic N) is 1. The van der Waals surface area contributed by atoms with Crippen LogP contribution in [0, 0.1) is 34.5 Å². The fourth-order valence-corrected chi connectivity index (χ4v) is 6.25. The van der Waals surface area contributed by atoms with Crippen molar-refractivity contribution in [2.75, 3.05) is 0 Å². The lowest BCUT2D eigenvalue weighted by atomic mass is 9.48. The molecule has 0 aromatic heterocycles. The molecule has 1 N–H and O–H groups in total. The zero-order valence-electron chi connectivity index (χ0n) is 14.2. The van der Waals surface area contributed by atoms with E-state index in [0.717, 1.165) is 24.2 Å². The number of nitriles is 1. The molecule has 122 valence electrons. The summed E-state index contributed by atoms with van der Waals surface area (Å²) in [7, 11) is 0. The van der Waals surface area contributed by atoms with Crippen LogP contribution in [0.3, 0.4) is 0 Å². The summed E-state index contributed by atoms with van der Waals surface area (Å²) >= 11 is 0. The van der Waals surface area contributed by atoms with Gasteiger partial charge in [-0.15, -0.1) is 0 Å². The predicted molar refractivity (Wildman–Crippen MR) is 92.6 cm³/mol. The minimum absolute atomic E-state index is 0.0125. The molecule has 0 aliphatic heterocycles. The second-order valence-electron chi connectivity index (χ2n) is 8.60. The van der Waals surface area contributed by atoms with Crippen LogP contribution in [0.1, 0.15) is 63.5 Å². The van der Waals surface area contributed by atoms with E-state index in [1.807, 2.05) is 6.07 Å². The molecule has 1 aromatic carbocycles. The average molecular weight is 308 g/mol. The van der Waals surface area contributed by atoms with Gasteiger partial charge in [0, 0.05) is 6.04 Å². The quantitative estimate of drug-likeness (QED) is 0.845. The second kappa shape index (κ2) is 5.95. The van der Waals surface area contributed by atoms with Crippen LogP contribution in [0.5, 0.6) is 0 Å². The van der Waals surface area contributed by atoms with Gasteiger partial charge < -0.3 is 0 Å². The van der Waals surface area contributed by atoms with Gasteiger partial charge in [0.2, 0.25) is 0 Å². The first kappa shape index (κ1) is 15.2. The summed E-state index contributed by atoms with van der Waals surface area (Å²) < 4.78 is 0. The van der Waals surface area contributed by atoms with E-state index in [1.165, 1.54) is 44.1 Å². The lowest BCUT2D eigenvalue weighted by Gasteiger charge is -2.57. The van der Waals surface area contributed by atoms with E-state index in [1.54, 1.807) is 0 Å². The average Bonchev–Trinajstić information content (AvgIpc) is 2.53. The Hall–Kier alpha value is -1.33. The minimum atomic E-state index is -0.0125. The van der Waals surface area contributed by atoms with Crippen LogP contribution in [0.2, 0.25) is 0 Å². The van der Waals surface area contributed by atoms with Crippen molar-refractivity contribution in [2.24, 2.45) is 23.2 Å². The fraction of sp³-hybridized carbons (Fsp3) is 0.667. The molecule has 0 saturated heterocycles. The highest BCUT2D eigenvalue weighted by Crippen LogP contribution is 2.61. The molecule has 5 rings (SSSR count). The van der Waals surface area contributed by atoms with E-state index in [9.17, 15) is 5.26 Å². The third kappa shape index (κ3) is 3.04. The molecule has 4 fully saturated rings. The van der Waals surface area contributed by atoms with Crippen molar-refractivity contribution in [3.8, 4) is 6.07 Å². The van der Waals surface area contributed by atoms with Crippen LogP contribution < -0.4 is 5.32 Å². The van der Waals surface area contributed by atoms with E-state index in [-0.39, 0.29) is 12.1 Å². The topological polar surface area (TPSA) is 35.8 Å². The first-order valence-electron chi connectivity index (χ1n) is 9.36. The molecule has 0 heterocycles. The number of nitrogens with one attached hydrogen (secondary N) is 1. The summed E-state index contributed by atoms with van der Waals surface area (Å²) in [6.07, 6.45) is 9.65. The van der Waals surface area contributed by atoms with Gasteiger partial charge in [-0.3, -0.25) is 5.32 Å². The van der Waals surface area contributed by atoms with Crippen LogP contribution >= 0.6 is 0 Å². The van der Waals surface area contributed by atoms with Crippen molar-refractivity contribution in [1.29, 1.82) is 5.26 Å². The van der Waals surface area contributed by atoms with Gasteiger partial charge in [-0.1, -0.05) is 30.3 Å². The third-order valence-corrected chi connectivity index (χ3v) is 6.71. The van der Waals surface area contributed by atoms with Gasteiger partial charge in [0.1, 0.15) is 0 Å². The van der Waals surface area contributed by atoms with Crippen molar-refractivity contribution in [2.45, 2.75) is 64.0 Å². The Kier molecular flexibility index (Phi) is 3.93. The maximum atomic E-state index is 9.71. The Bertz CT molecular complexity index is 550. The molecule has 1 aromatic rings. The van der Waals surface area contributed by atoms with Crippen molar-refractivity contribution in [1.82, 2.24) is 5.32 Å². The van der Waals surface area contributed by atoms with Crippen LogP contribution in [0.25, 0.3) is 0 Å². The van der Waals surface area contributed by atoms with Gasteiger partial charge in [0.05, 0.1) is 12.1 Å². The number of hydrogen-bond donors (Lipinski definition) is 1. The highest BCUT2D eigenvalue weighted by Gasteiger charge is 2.51. The smallest absolute Gasteiger partial charge is 0.0962 e. The van der Waals surface area contributed by atoms with E-state index in [2.05, 4.69) is 42.6 Å². The Morgan fingerprint density at radius 2 is 1.65 bits per heavy atom. The Morgan fingerprint density at radius 1 is 1.09 bits per heavy atom. The van der Waals surface area contributed by atoms with Gasteiger partial charge in [-0.05, 0) is 80.6 Å². The maximum Gasteiger partial charge on any atom is 0.0962 e. The van der Waals surface area contributed by atoms with Gasteiger partial charge in [-0.25, -0.2) is 0 Å². The molecule has 4 aliphatic rings. The van der Waals surface area contributed by atoms with Gasteiger partial charge in [0.15, 0.2) is 0 Å². The first-order valence-corrected chi connectivity index (χ1v) is 9.36. The van der Waals surface area contributed by atoms with Crippen LogP contribution in [-0.2, 0) is 0 Å². The molecule has 0 unspecified atom stereocenters. The lowest BCUT2D eigenvalue weighted by molar-refractivity contribution is -0.0599. The normalized spacial score (nSPS) is 37.3. The molecule has 4 aliphatic carbocycles. The van der Waals surface area contributed by atoms with Crippen LogP contribution in [0.4, 0.5) is 0 Å². The third-order valence-electron chi connectivity index (χ3n) is 6.71. The molecule has 2 nitrogen and oxygen atoms in total. The summed E-state index contributed by atoms with van der Waals surface area (Å²) in [5.41, 5.74) is 1.75. The summed E-state index contributed by atoms with van der Waals surface area (Å²) in [4.78, 5) is 0.